The van der Waals surface area contributed by atoms with E-state index in [1.165, 1.54) is 25.4 Å². The molecule has 1 aliphatic rings. The molecule has 0 atom stereocenters. The SMILES string of the molecule is COc1cc(Cl)ccc1COc1nccc(-c2cc(F)c(Cc3nc4ccc(C(O)O)cc4n3CC3(CF)CC3)cc2F)n1. The number of aromatic nitrogens is 4. The molecule has 2 heterocycles. The second-order valence-electron chi connectivity index (χ2n) is 10.9. The lowest BCUT2D eigenvalue weighted by Crippen LogP contribution is -2.16. The van der Waals surface area contributed by atoms with Crippen LogP contribution in [0.25, 0.3) is 22.3 Å². The van der Waals surface area contributed by atoms with Crippen LogP contribution in [0, 0.1) is 17.0 Å². The molecule has 44 heavy (non-hydrogen) atoms. The standard InChI is InChI=1S/C32H28ClF3N4O4/c1-43-28-13-21(33)4-2-19(28)15-44-31-37-9-6-25(39-31)22-14-23(35)20(10-24(22)36)12-29-38-26-5-3-18(30(41)42)11-27(26)40(29)17-32(16-34)7-8-32/h2-6,9-11,13-14,30,41-42H,7-8,12,15-17H2,1H3. The average Bonchev–Trinajstić information content (AvgIpc) is 3.72. The molecule has 1 aliphatic carbocycles. The molecule has 1 fully saturated rings. The molecule has 6 rings (SSSR count). The van der Waals surface area contributed by atoms with E-state index >= 15 is 8.78 Å². The molecule has 0 spiro atoms. The van der Waals surface area contributed by atoms with Crippen molar-refractivity contribution >= 4 is 22.6 Å². The van der Waals surface area contributed by atoms with Crippen LogP contribution in [-0.2, 0) is 19.6 Å². The number of aliphatic hydroxyl groups is 2. The van der Waals surface area contributed by atoms with E-state index in [-0.39, 0.29) is 48.0 Å². The van der Waals surface area contributed by atoms with Crippen molar-refractivity contribution in [1.29, 1.82) is 0 Å². The molecule has 2 aromatic heterocycles. The first kappa shape index (κ1) is 29.9. The average molecular weight is 625 g/mol. The normalized spacial score (nSPS) is 13.9. The summed E-state index contributed by atoms with van der Waals surface area (Å²) in [5.41, 5.74) is 1.59. The van der Waals surface area contributed by atoms with Crippen molar-refractivity contribution in [2.75, 3.05) is 13.8 Å². The van der Waals surface area contributed by atoms with Gasteiger partial charge in [-0.1, -0.05) is 23.7 Å². The minimum atomic E-state index is -1.70. The summed E-state index contributed by atoms with van der Waals surface area (Å²) in [4.78, 5) is 13.0. The number of ether oxygens (including phenoxy) is 2. The lowest BCUT2D eigenvalue weighted by Gasteiger charge is -2.16. The zero-order valence-corrected chi connectivity index (χ0v) is 24.4. The number of hydrogen-bond acceptors (Lipinski definition) is 7. The van der Waals surface area contributed by atoms with Crippen LogP contribution in [0.15, 0.2) is 60.8 Å². The minimum absolute atomic E-state index is 0.0358. The van der Waals surface area contributed by atoms with Gasteiger partial charge >= 0.3 is 6.01 Å². The van der Waals surface area contributed by atoms with Gasteiger partial charge < -0.3 is 24.3 Å². The number of benzene rings is 3. The maximum atomic E-state index is 15.5. The fourth-order valence-corrected chi connectivity index (χ4v) is 5.30. The summed E-state index contributed by atoms with van der Waals surface area (Å²) in [6.45, 7) is -0.179. The first-order valence-electron chi connectivity index (χ1n) is 13.9. The zero-order chi connectivity index (χ0) is 31.0. The number of rotatable bonds is 11. The highest BCUT2D eigenvalue weighted by molar-refractivity contribution is 6.30. The van der Waals surface area contributed by atoms with E-state index in [0.29, 0.717) is 46.0 Å². The summed E-state index contributed by atoms with van der Waals surface area (Å²) in [5.74, 6) is -0.453. The molecule has 0 amide bonds. The lowest BCUT2D eigenvalue weighted by atomic mass is 10.0. The molecule has 0 saturated heterocycles. The van der Waals surface area contributed by atoms with Crippen LogP contribution in [0.2, 0.25) is 5.02 Å². The van der Waals surface area contributed by atoms with E-state index < -0.39 is 30.0 Å². The molecule has 2 N–H and O–H groups in total. The molecule has 5 aromatic rings. The van der Waals surface area contributed by atoms with Gasteiger partial charge in [0, 0.05) is 46.3 Å². The summed E-state index contributed by atoms with van der Waals surface area (Å²) in [5, 5.41) is 19.8. The third-order valence-electron chi connectivity index (χ3n) is 7.88. The van der Waals surface area contributed by atoms with E-state index in [0.717, 1.165) is 12.1 Å². The quantitative estimate of drug-likeness (QED) is 0.165. The van der Waals surface area contributed by atoms with Crippen molar-refractivity contribution in [2.45, 2.75) is 38.7 Å². The van der Waals surface area contributed by atoms with Gasteiger partial charge in [-0.15, -0.1) is 0 Å². The first-order chi connectivity index (χ1) is 21.2. The largest absolute Gasteiger partial charge is 0.496 e. The van der Waals surface area contributed by atoms with E-state index in [2.05, 4.69) is 15.0 Å². The summed E-state index contributed by atoms with van der Waals surface area (Å²) >= 11 is 6.01. The summed E-state index contributed by atoms with van der Waals surface area (Å²) < 4.78 is 57.7. The van der Waals surface area contributed by atoms with Gasteiger partial charge in [-0.25, -0.2) is 18.7 Å². The van der Waals surface area contributed by atoms with E-state index in [4.69, 9.17) is 21.1 Å². The Bertz CT molecular complexity index is 1840. The number of alkyl halides is 1. The van der Waals surface area contributed by atoms with Crippen LogP contribution in [0.4, 0.5) is 13.2 Å². The fourth-order valence-electron chi connectivity index (χ4n) is 5.14. The molecule has 0 aliphatic heterocycles. The van der Waals surface area contributed by atoms with Crippen molar-refractivity contribution in [3.63, 3.8) is 0 Å². The number of aliphatic hydroxyl groups excluding tert-OH is 1. The van der Waals surface area contributed by atoms with Crippen LogP contribution in [0.5, 0.6) is 11.8 Å². The monoisotopic (exact) mass is 624 g/mol. The van der Waals surface area contributed by atoms with Crippen molar-refractivity contribution in [2.24, 2.45) is 5.41 Å². The van der Waals surface area contributed by atoms with Gasteiger partial charge in [-0.05, 0) is 60.9 Å². The number of fused-ring (bicyclic) bond motifs is 1. The number of hydrogen-bond donors (Lipinski definition) is 2. The van der Waals surface area contributed by atoms with Crippen LogP contribution in [0.3, 0.4) is 0 Å². The van der Waals surface area contributed by atoms with Crippen LogP contribution in [-0.4, -0.2) is 43.5 Å². The zero-order valence-electron chi connectivity index (χ0n) is 23.6. The molecule has 8 nitrogen and oxygen atoms in total. The Morgan fingerprint density at radius 1 is 1.00 bits per heavy atom. The van der Waals surface area contributed by atoms with Crippen molar-refractivity contribution in [1.82, 2.24) is 19.5 Å². The van der Waals surface area contributed by atoms with Gasteiger partial charge in [0.15, 0.2) is 6.29 Å². The van der Waals surface area contributed by atoms with Gasteiger partial charge in [0.2, 0.25) is 0 Å². The molecule has 1 saturated carbocycles. The first-order valence-corrected chi connectivity index (χ1v) is 14.2. The highest BCUT2D eigenvalue weighted by Crippen LogP contribution is 2.48. The maximum absolute atomic E-state index is 15.5. The molecule has 0 radical (unpaired) electrons. The van der Waals surface area contributed by atoms with Crippen molar-refractivity contribution < 1.29 is 32.9 Å². The third kappa shape index (κ3) is 6.08. The topological polar surface area (TPSA) is 103 Å². The summed E-state index contributed by atoms with van der Waals surface area (Å²) in [6, 6.07) is 13.4. The van der Waals surface area contributed by atoms with Crippen molar-refractivity contribution in [3.8, 4) is 23.0 Å². The Kier molecular flexibility index (Phi) is 8.19. The third-order valence-corrected chi connectivity index (χ3v) is 8.12. The minimum Gasteiger partial charge on any atom is -0.496 e. The van der Waals surface area contributed by atoms with E-state index in [9.17, 15) is 14.6 Å². The molecular weight excluding hydrogens is 597 g/mol. The predicted molar refractivity (Wildman–Crippen MR) is 157 cm³/mol. The fraction of sp³-hybridized carbons (Fsp3) is 0.281. The highest BCUT2D eigenvalue weighted by atomic mass is 35.5. The second kappa shape index (κ2) is 12.1. The Hall–Kier alpha value is -4.19. The van der Waals surface area contributed by atoms with Gasteiger partial charge in [-0.2, -0.15) is 4.98 Å². The summed E-state index contributed by atoms with van der Waals surface area (Å²) in [7, 11) is 1.51. The highest BCUT2D eigenvalue weighted by Gasteiger charge is 2.44. The molecule has 3 aromatic carbocycles. The van der Waals surface area contributed by atoms with Crippen LogP contribution in [0.1, 0.15) is 41.6 Å². The van der Waals surface area contributed by atoms with Gasteiger partial charge in [0.1, 0.15) is 29.8 Å². The molecule has 0 bridgehead atoms. The molecular formula is C32H28ClF3N4O4. The van der Waals surface area contributed by atoms with Gasteiger partial charge in [0.05, 0.1) is 30.5 Å². The van der Waals surface area contributed by atoms with Gasteiger partial charge in [-0.3, -0.25) is 4.39 Å². The molecule has 12 heteroatoms. The Labute approximate surface area is 255 Å². The lowest BCUT2D eigenvalue weighted by molar-refractivity contribution is -0.0424. The molecule has 228 valence electrons. The number of nitrogens with zero attached hydrogens (tertiary/aromatic N) is 4. The molecule has 0 unspecified atom stereocenters. The summed E-state index contributed by atoms with van der Waals surface area (Å²) in [6.07, 6.45) is 1.01. The van der Waals surface area contributed by atoms with E-state index in [1.54, 1.807) is 34.9 Å². The smallest absolute Gasteiger partial charge is 0.317 e. The maximum Gasteiger partial charge on any atom is 0.317 e. The number of halogens is 4. The Morgan fingerprint density at radius 3 is 2.55 bits per heavy atom. The Balaban J connectivity index is 1.27. The second-order valence-corrected chi connectivity index (χ2v) is 11.4. The van der Waals surface area contributed by atoms with Crippen LogP contribution < -0.4 is 9.47 Å². The van der Waals surface area contributed by atoms with Crippen LogP contribution >= 0.6 is 11.6 Å². The van der Waals surface area contributed by atoms with Gasteiger partial charge in [0.25, 0.3) is 0 Å². The van der Waals surface area contributed by atoms with Crippen molar-refractivity contribution in [3.05, 3.63) is 100.0 Å². The Morgan fingerprint density at radius 2 is 1.82 bits per heavy atom. The number of methoxy groups -OCH3 is 1. The van der Waals surface area contributed by atoms with E-state index in [1.807, 2.05) is 0 Å². The number of imidazole rings is 1. The predicted octanol–water partition coefficient (Wildman–Crippen LogP) is 6.34.